The molecule has 0 saturated heterocycles. The number of pyridine rings is 2. The monoisotopic (exact) mass is 252 g/mol. The molecule has 1 fully saturated rings. The molecule has 3 rings (SSSR count). The highest BCUT2D eigenvalue weighted by Gasteiger charge is 2.14. The van der Waals surface area contributed by atoms with Gasteiger partial charge in [-0.3, -0.25) is 9.97 Å². The summed E-state index contributed by atoms with van der Waals surface area (Å²) in [5, 5.41) is 0. The molecule has 1 aliphatic rings. The SMILES string of the molecule is c1cc(-c2cncc(CC3CCCCC3)c2)ccn1. The highest BCUT2D eigenvalue weighted by Crippen LogP contribution is 2.27. The summed E-state index contributed by atoms with van der Waals surface area (Å²) in [6, 6.07) is 6.37. The second-order valence-corrected chi connectivity index (χ2v) is 5.53. The minimum Gasteiger partial charge on any atom is -0.265 e. The third kappa shape index (κ3) is 3.19. The van der Waals surface area contributed by atoms with Crippen molar-refractivity contribution in [2.45, 2.75) is 38.5 Å². The van der Waals surface area contributed by atoms with Crippen LogP contribution in [-0.4, -0.2) is 9.97 Å². The zero-order valence-electron chi connectivity index (χ0n) is 11.3. The molecule has 2 heteroatoms. The summed E-state index contributed by atoms with van der Waals surface area (Å²) in [5.41, 5.74) is 3.78. The first-order valence-electron chi connectivity index (χ1n) is 7.26. The van der Waals surface area contributed by atoms with Crippen LogP contribution in [0.2, 0.25) is 0 Å². The molecule has 0 atom stereocenters. The van der Waals surface area contributed by atoms with Gasteiger partial charge in [-0.05, 0) is 41.7 Å². The summed E-state index contributed by atoms with van der Waals surface area (Å²) in [7, 11) is 0. The Morgan fingerprint density at radius 3 is 2.47 bits per heavy atom. The summed E-state index contributed by atoms with van der Waals surface area (Å²) >= 11 is 0. The number of aromatic nitrogens is 2. The van der Waals surface area contributed by atoms with Gasteiger partial charge < -0.3 is 0 Å². The van der Waals surface area contributed by atoms with E-state index in [1.807, 2.05) is 36.9 Å². The predicted octanol–water partition coefficient (Wildman–Crippen LogP) is 4.27. The van der Waals surface area contributed by atoms with Crippen LogP contribution in [-0.2, 0) is 6.42 Å². The maximum absolute atomic E-state index is 4.41. The highest BCUT2D eigenvalue weighted by atomic mass is 14.6. The Bertz CT molecular complexity index is 516. The van der Waals surface area contributed by atoms with E-state index in [4.69, 9.17) is 0 Å². The van der Waals surface area contributed by atoms with Crippen molar-refractivity contribution in [1.29, 1.82) is 0 Å². The van der Waals surface area contributed by atoms with E-state index in [-0.39, 0.29) is 0 Å². The van der Waals surface area contributed by atoms with Crippen molar-refractivity contribution in [3.8, 4) is 11.1 Å². The lowest BCUT2D eigenvalue weighted by Crippen LogP contribution is -2.09. The Kier molecular flexibility index (Phi) is 3.87. The van der Waals surface area contributed by atoms with Crippen LogP contribution >= 0.6 is 0 Å². The Labute approximate surface area is 114 Å². The fourth-order valence-electron chi connectivity index (χ4n) is 3.03. The van der Waals surface area contributed by atoms with Crippen LogP contribution in [0.3, 0.4) is 0 Å². The molecule has 0 amide bonds. The van der Waals surface area contributed by atoms with E-state index in [9.17, 15) is 0 Å². The maximum atomic E-state index is 4.41. The molecule has 1 saturated carbocycles. The topological polar surface area (TPSA) is 25.8 Å². The third-order valence-electron chi connectivity index (χ3n) is 4.06. The van der Waals surface area contributed by atoms with Crippen LogP contribution in [0.4, 0.5) is 0 Å². The van der Waals surface area contributed by atoms with E-state index < -0.39 is 0 Å². The van der Waals surface area contributed by atoms with Crippen LogP contribution in [0.25, 0.3) is 11.1 Å². The molecule has 0 bridgehead atoms. The minimum atomic E-state index is 0.864. The van der Waals surface area contributed by atoms with Crippen LogP contribution in [0.1, 0.15) is 37.7 Å². The lowest BCUT2D eigenvalue weighted by Gasteiger charge is -2.21. The van der Waals surface area contributed by atoms with Gasteiger partial charge in [0.05, 0.1) is 0 Å². The predicted molar refractivity (Wildman–Crippen MR) is 77.7 cm³/mol. The lowest BCUT2D eigenvalue weighted by molar-refractivity contribution is 0.356. The Morgan fingerprint density at radius 1 is 0.895 bits per heavy atom. The van der Waals surface area contributed by atoms with Crippen molar-refractivity contribution in [2.75, 3.05) is 0 Å². The van der Waals surface area contributed by atoms with Gasteiger partial charge in [0.25, 0.3) is 0 Å². The normalized spacial score (nSPS) is 16.4. The Morgan fingerprint density at radius 2 is 1.68 bits per heavy atom. The van der Waals surface area contributed by atoms with Gasteiger partial charge in [0, 0.05) is 30.4 Å². The summed E-state index contributed by atoms with van der Waals surface area (Å²) in [5.74, 6) is 0.864. The van der Waals surface area contributed by atoms with Crippen LogP contribution in [0.15, 0.2) is 43.0 Å². The second-order valence-electron chi connectivity index (χ2n) is 5.53. The van der Waals surface area contributed by atoms with Crippen molar-refractivity contribution < 1.29 is 0 Å². The summed E-state index contributed by atoms with van der Waals surface area (Å²) < 4.78 is 0. The number of hydrogen-bond acceptors (Lipinski definition) is 2. The first-order chi connectivity index (χ1) is 9.42. The number of rotatable bonds is 3. The van der Waals surface area contributed by atoms with Gasteiger partial charge in [0.15, 0.2) is 0 Å². The smallest absolute Gasteiger partial charge is 0.0346 e. The highest BCUT2D eigenvalue weighted by molar-refractivity contribution is 5.62. The molecule has 19 heavy (non-hydrogen) atoms. The van der Waals surface area contributed by atoms with Gasteiger partial charge in [-0.15, -0.1) is 0 Å². The molecular weight excluding hydrogens is 232 g/mol. The maximum Gasteiger partial charge on any atom is 0.0346 e. The fraction of sp³-hybridized carbons (Fsp3) is 0.412. The molecule has 2 heterocycles. The van der Waals surface area contributed by atoms with Gasteiger partial charge in [-0.2, -0.15) is 0 Å². The van der Waals surface area contributed by atoms with Crippen LogP contribution in [0.5, 0.6) is 0 Å². The molecule has 0 aliphatic heterocycles. The first-order valence-corrected chi connectivity index (χ1v) is 7.26. The molecule has 0 spiro atoms. The van der Waals surface area contributed by atoms with Gasteiger partial charge in [0.2, 0.25) is 0 Å². The standard InChI is InChI=1S/C17H20N2/c1-2-4-14(5-3-1)10-15-11-17(13-19-12-15)16-6-8-18-9-7-16/h6-9,11-14H,1-5,10H2. The van der Waals surface area contributed by atoms with Gasteiger partial charge in [0.1, 0.15) is 0 Å². The number of hydrogen-bond donors (Lipinski definition) is 0. The van der Waals surface area contributed by atoms with Crippen molar-refractivity contribution in [2.24, 2.45) is 5.92 Å². The number of nitrogens with zero attached hydrogens (tertiary/aromatic N) is 2. The lowest BCUT2D eigenvalue weighted by atomic mass is 9.85. The molecule has 2 nitrogen and oxygen atoms in total. The molecule has 0 N–H and O–H groups in total. The zero-order chi connectivity index (χ0) is 12.9. The second kappa shape index (κ2) is 5.96. The van der Waals surface area contributed by atoms with Crippen molar-refractivity contribution >= 4 is 0 Å². The average Bonchev–Trinajstić information content (AvgIpc) is 2.49. The van der Waals surface area contributed by atoms with Crippen LogP contribution in [0, 0.1) is 5.92 Å². The Hall–Kier alpha value is -1.70. The van der Waals surface area contributed by atoms with Gasteiger partial charge >= 0.3 is 0 Å². The van der Waals surface area contributed by atoms with Crippen molar-refractivity contribution in [1.82, 2.24) is 9.97 Å². The zero-order valence-corrected chi connectivity index (χ0v) is 11.3. The van der Waals surface area contributed by atoms with Crippen LogP contribution < -0.4 is 0 Å². The largest absolute Gasteiger partial charge is 0.265 e. The third-order valence-corrected chi connectivity index (χ3v) is 4.06. The van der Waals surface area contributed by atoms with E-state index in [0.717, 1.165) is 5.92 Å². The van der Waals surface area contributed by atoms with E-state index >= 15 is 0 Å². The summed E-state index contributed by atoms with van der Waals surface area (Å²) in [6.45, 7) is 0. The Balaban J connectivity index is 1.76. The van der Waals surface area contributed by atoms with E-state index in [2.05, 4.69) is 16.0 Å². The molecule has 2 aromatic heterocycles. The first kappa shape index (κ1) is 12.3. The van der Waals surface area contributed by atoms with Crippen molar-refractivity contribution in [3.63, 3.8) is 0 Å². The van der Waals surface area contributed by atoms with E-state index in [1.165, 1.54) is 55.2 Å². The molecule has 0 aromatic carbocycles. The molecule has 98 valence electrons. The van der Waals surface area contributed by atoms with E-state index in [1.54, 1.807) is 0 Å². The summed E-state index contributed by atoms with van der Waals surface area (Å²) in [4.78, 5) is 8.47. The molecule has 0 radical (unpaired) electrons. The van der Waals surface area contributed by atoms with Gasteiger partial charge in [-0.1, -0.05) is 32.1 Å². The minimum absolute atomic E-state index is 0.864. The molecular formula is C17H20N2. The van der Waals surface area contributed by atoms with Gasteiger partial charge in [-0.25, -0.2) is 0 Å². The van der Waals surface area contributed by atoms with E-state index in [0.29, 0.717) is 0 Å². The molecule has 2 aromatic rings. The molecule has 1 aliphatic carbocycles. The van der Waals surface area contributed by atoms with Crippen molar-refractivity contribution in [3.05, 3.63) is 48.5 Å². The quantitative estimate of drug-likeness (QED) is 0.815. The average molecular weight is 252 g/mol. The molecule has 0 unspecified atom stereocenters. The fourth-order valence-corrected chi connectivity index (χ4v) is 3.03. The summed E-state index contributed by atoms with van der Waals surface area (Å²) in [6.07, 6.45) is 15.8.